The Morgan fingerprint density at radius 2 is 2.07 bits per heavy atom. The van der Waals surface area contributed by atoms with Crippen LogP contribution in [0.1, 0.15) is 32.1 Å². The Kier molecular flexibility index (Phi) is 6.15. The molecule has 0 bridgehead atoms. The predicted molar refractivity (Wildman–Crippen MR) is 57.4 cm³/mol. The first kappa shape index (κ1) is 12.0. The van der Waals surface area contributed by atoms with Crippen LogP contribution >= 0.6 is 0 Å². The minimum absolute atomic E-state index is 0.343. The fourth-order valence-corrected chi connectivity index (χ4v) is 1.99. The number of rotatable bonds is 7. The third-order valence-corrected chi connectivity index (χ3v) is 2.94. The number of hydrogen-bond acceptors (Lipinski definition) is 3. The zero-order valence-corrected chi connectivity index (χ0v) is 9.24. The van der Waals surface area contributed by atoms with Crippen LogP contribution in [0.25, 0.3) is 0 Å². The van der Waals surface area contributed by atoms with E-state index in [0.29, 0.717) is 12.7 Å². The average Bonchev–Trinajstić information content (AvgIpc) is 2.65. The maximum atomic E-state index is 8.62. The van der Waals surface area contributed by atoms with Crippen molar-refractivity contribution >= 4 is 0 Å². The number of methoxy groups -OCH3 is 1. The molecule has 0 saturated carbocycles. The number of nitrogens with zero attached hydrogens (tertiary/aromatic N) is 1. The summed E-state index contributed by atoms with van der Waals surface area (Å²) in [6.45, 7) is 3.84. The van der Waals surface area contributed by atoms with Crippen molar-refractivity contribution in [3.8, 4) is 0 Å². The normalized spacial score (nSPS) is 23.1. The van der Waals surface area contributed by atoms with Crippen molar-refractivity contribution in [1.82, 2.24) is 4.90 Å². The van der Waals surface area contributed by atoms with Gasteiger partial charge in [0.25, 0.3) is 0 Å². The number of likely N-dealkylation sites (tertiary alicyclic amines) is 1. The largest absolute Gasteiger partial charge is 0.396 e. The molecular formula is C11H23NO2. The van der Waals surface area contributed by atoms with E-state index in [9.17, 15) is 0 Å². The van der Waals surface area contributed by atoms with Gasteiger partial charge >= 0.3 is 0 Å². The summed E-state index contributed by atoms with van der Waals surface area (Å²) in [4.78, 5) is 2.48. The van der Waals surface area contributed by atoms with Gasteiger partial charge in [-0.2, -0.15) is 0 Å². The first-order valence-electron chi connectivity index (χ1n) is 5.73. The molecular weight excluding hydrogens is 178 g/mol. The summed E-state index contributed by atoms with van der Waals surface area (Å²) >= 11 is 0. The van der Waals surface area contributed by atoms with Crippen LogP contribution < -0.4 is 0 Å². The van der Waals surface area contributed by atoms with E-state index in [2.05, 4.69) is 4.90 Å². The maximum Gasteiger partial charge on any atom is 0.0710 e. The molecule has 84 valence electrons. The van der Waals surface area contributed by atoms with E-state index in [-0.39, 0.29) is 0 Å². The molecule has 1 aliphatic rings. The molecule has 0 amide bonds. The standard InChI is InChI=1S/C11H23NO2/c1-14-11-6-8-12(10-11)7-4-2-3-5-9-13/h11,13H,2-10H2,1H3. The van der Waals surface area contributed by atoms with Crippen LogP contribution in [0, 0.1) is 0 Å². The first-order chi connectivity index (χ1) is 6.86. The zero-order chi connectivity index (χ0) is 10.2. The van der Waals surface area contributed by atoms with E-state index in [1.165, 1.54) is 32.4 Å². The minimum atomic E-state index is 0.343. The Morgan fingerprint density at radius 1 is 1.29 bits per heavy atom. The van der Waals surface area contributed by atoms with E-state index >= 15 is 0 Å². The summed E-state index contributed by atoms with van der Waals surface area (Å²) in [5.74, 6) is 0. The molecule has 0 aromatic rings. The fourth-order valence-electron chi connectivity index (χ4n) is 1.99. The van der Waals surface area contributed by atoms with Gasteiger partial charge in [-0.15, -0.1) is 0 Å². The van der Waals surface area contributed by atoms with Crippen molar-refractivity contribution in [2.45, 2.75) is 38.2 Å². The molecule has 1 heterocycles. The van der Waals surface area contributed by atoms with Gasteiger partial charge < -0.3 is 14.7 Å². The monoisotopic (exact) mass is 201 g/mol. The lowest BCUT2D eigenvalue weighted by molar-refractivity contribution is 0.108. The molecule has 1 aliphatic heterocycles. The Morgan fingerprint density at radius 3 is 2.71 bits per heavy atom. The fraction of sp³-hybridized carbons (Fsp3) is 1.00. The highest BCUT2D eigenvalue weighted by molar-refractivity contribution is 4.75. The minimum Gasteiger partial charge on any atom is -0.396 e. The van der Waals surface area contributed by atoms with E-state index < -0.39 is 0 Å². The molecule has 3 heteroatoms. The predicted octanol–water partition coefficient (Wildman–Crippen LogP) is 1.26. The van der Waals surface area contributed by atoms with Crippen LogP contribution in [0.3, 0.4) is 0 Å². The van der Waals surface area contributed by atoms with Crippen LogP contribution in [0.4, 0.5) is 0 Å². The molecule has 1 fully saturated rings. The van der Waals surface area contributed by atoms with Crippen molar-refractivity contribution in [2.24, 2.45) is 0 Å². The maximum absolute atomic E-state index is 8.62. The Labute approximate surface area is 87.1 Å². The van der Waals surface area contributed by atoms with E-state index in [1.807, 2.05) is 0 Å². The second kappa shape index (κ2) is 7.21. The summed E-state index contributed by atoms with van der Waals surface area (Å²) in [7, 11) is 1.80. The van der Waals surface area contributed by atoms with Crippen molar-refractivity contribution < 1.29 is 9.84 Å². The molecule has 1 atom stereocenters. The van der Waals surface area contributed by atoms with Crippen molar-refractivity contribution in [3.05, 3.63) is 0 Å². The average molecular weight is 201 g/mol. The van der Waals surface area contributed by atoms with Gasteiger partial charge in [-0.25, -0.2) is 0 Å². The number of ether oxygens (including phenoxy) is 1. The summed E-state index contributed by atoms with van der Waals surface area (Å²) in [5.41, 5.74) is 0. The molecule has 1 saturated heterocycles. The molecule has 0 aliphatic carbocycles. The number of aliphatic hydroxyl groups is 1. The topological polar surface area (TPSA) is 32.7 Å². The van der Waals surface area contributed by atoms with Gasteiger partial charge in [0.2, 0.25) is 0 Å². The highest BCUT2D eigenvalue weighted by Crippen LogP contribution is 2.12. The van der Waals surface area contributed by atoms with Crippen LogP contribution in [0.15, 0.2) is 0 Å². The van der Waals surface area contributed by atoms with Gasteiger partial charge in [0.15, 0.2) is 0 Å². The molecule has 3 nitrogen and oxygen atoms in total. The quantitative estimate of drug-likeness (QED) is 0.629. The van der Waals surface area contributed by atoms with Crippen molar-refractivity contribution in [3.63, 3.8) is 0 Å². The van der Waals surface area contributed by atoms with Gasteiger partial charge in [0.1, 0.15) is 0 Å². The third kappa shape index (κ3) is 4.40. The number of hydrogen-bond donors (Lipinski definition) is 1. The molecule has 1 rings (SSSR count). The summed E-state index contributed by atoms with van der Waals surface area (Å²) in [5, 5.41) is 8.62. The lowest BCUT2D eigenvalue weighted by Crippen LogP contribution is -2.23. The van der Waals surface area contributed by atoms with Crippen LogP contribution in [0.5, 0.6) is 0 Å². The van der Waals surface area contributed by atoms with E-state index in [1.54, 1.807) is 7.11 Å². The Hall–Kier alpha value is -0.120. The molecule has 14 heavy (non-hydrogen) atoms. The molecule has 1 unspecified atom stereocenters. The zero-order valence-electron chi connectivity index (χ0n) is 9.24. The molecule has 1 N–H and O–H groups in total. The molecule has 0 spiro atoms. The van der Waals surface area contributed by atoms with Crippen molar-refractivity contribution in [2.75, 3.05) is 33.4 Å². The molecule has 0 radical (unpaired) electrons. The Balaban J connectivity index is 1.92. The number of unbranched alkanes of at least 4 members (excludes halogenated alkanes) is 3. The molecule has 0 aromatic carbocycles. The second-order valence-corrected chi connectivity index (χ2v) is 4.08. The van der Waals surface area contributed by atoms with Gasteiger partial charge in [-0.3, -0.25) is 0 Å². The Bertz CT molecular complexity index is 141. The lowest BCUT2D eigenvalue weighted by Gasteiger charge is -2.14. The number of aliphatic hydroxyl groups excluding tert-OH is 1. The van der Waals surface area contributed by atoms with E-state index in [4.69, 9.17) is 9.84 Å². The summed E-state index contributed by atoms with van der Waals surface area (Å²) in [6, 6.07) is 0. The van der Waals surface area contributed by atoms with Crippen LogP contribution in [-0.4, -0.2) is 49.5 Å². The summed E-state index contributed by atoms with van der Waals surface area (Å²) in [6.07, 6.45) is 6.28. The summed E-state index contributed by atoms with van der Waals surface area (Å²) < 4.78 is 5.31. The second-order valence-electron chi connectivity index (χ2n) is 4.08. The lowest BCUT2D eigenvalue weighted by atomic mass is 10.2. The van der Waals surface area contributed by atoms with Crippen molar-refractivity contribution in [1.29, 1.82) is 0 Å². The highest BCUT2D eigenvalue weighted by Gasteiger charge is 2.20. The van der Waals surface area contributed by atoms with Crippen LogP contribution in [-0.2, 0) is 4.74 Å². The smallest absolute Gasteiger partial charge is 0.0710 e. The van der Waals surface area contributed by atoms with Gasteiger partial charge in [0, 0.05) is 26.8 Å². The van der Waals surface area contributed by atoms with Gasteiger partial charge in [-0.1, -0.05) is 12.8 Å². The SMILES string of the molecule is COC1CCN(CCCCCCO)C1. The van der Waals surface area contributed by atoms with Gasteiger partial charge in [0.05, 0.1) is 6.10 Å². The van der Waals surface area contributed by atoms with Gasteiger partial charge in [-0.05, 0) is 25.8 Å². The first-order valence-corrected chi connectivity index (χ1v) is 5.73. The third-order valence-electron chi connectivity index (χ3n) is 2.94. The van der Waals surface area contributed by atoms with Crippen LogP contribution in [0.2, 0.25) is 0 Å². The highest BCUT2D eigenvalue weighted by atomic mass is 16.5. The molecule has 0 aromatic heterocycles. The van der Waals surface area contributed by atoms with E-state index in [0.717, 1.165) is 19.4 Å².